The van der Waals surface area contributed by atoms with Crippen LogP contribution < -0.4 is 21.3 Å². The van der Waals surface area contributed by atoms with Crippen molar-refractivity contribution < 1.29 is 42.9 Å². The first-order valence-corrected chi connectivity index (χ1v) is 22.9. The molecule has 20 heteroatoms. The Balaban J connectivity index is 0.758. The molecule has 5 N–H and O–H groups in total. The van der Waals surface area contributed by atoms with E-state index in [1.807, 2.05) is 76.2 Å². The number of nitrogens with zero attached hydrogens (tertiary/aromatic N) is 6. The molecule has 0 spiro atoms. The molecule has 7 rings (SSSR count). The van der Waals surface area contributed by atoms with Gasteiger partial charge in [-0.15, -0.1) is 21.5 Å². The number of hydrogen-bond acceptors (Lipinski definition) is 15. The van der Waals surface area contributed by atoms with E-state index in [1.54, 1.807) is 52.2 Å². The molecule has 0 bridgehead atoms. The highest BCUT2D eigenvalue weighted by Gasteiger charge is 2.44. The van der Waals surface area contributed by atoms with Crippen LogP contribution in [0.4, 0.5) is 5.95 Å². The average Bonchev–Trinajstić information content (AvgIpc) is 4.17. The zero-order valence-electron chi connectivity index (χ0n) is 37.9. The van der Waals surface area contributed by atoms with E-state index >= 15 is 0 Å². The number of furan rings is 1. The van der Waals surface area contributed by atoms with Gasteiger partial charge >= 0.3 is 0 Å². The molecule has 4 amide bonds. The van der Waals surface area contributed by atoms with Crippen LogP contribution in [0.15, 0.2) is 89.4 Å². The molecule has 0 aliphatic carbocycles. The van der Waals surface area contributed by atoms with Gasteiger partial charge < -0.3 is 49.9 Å². The molecule has 0 radical (unpaired) electrons. The third-order valence-electron chi connectivity index (χ3n) is 11.0. The van der Waals surface area contributed by atoms with Gasteiger partial charge in [-0.2, -0.15) is 0 Å². The Morgan fingerprint density at radius 2 is 1.64 bits per heavy atom. The van der Waals surface area contributed by atoms with Crippen LogP contribution in [0.3, 0.4) is 0 Å². The van der Waals surface area contributed by atoms with Crippen LogP contribution in [-0.2, 0) is 41.7 Å². The number of aromatic nitrogens is 5. The Bertz CT molecular complexity index is 2580. The molecule has 3 atom stereocenters. The zero-order chi connectivity index (χ0) is 47.3. The number of thiazole rings is 1. The topological polar surface area (TPSA) is 237 Å². The van der Waals surface area contributed by atoms with Gasteiger partial charge in [0, 0.05) is 43.4 Å². The number of carbonyl (C=O) groups is 4. The highest BCUT2D eigenvalue weighted by atomic mass is 32.1. The summed E-state index contributed by atoms with van der Waals surface area (Å²) >= 11 is 1.57. The third-order valence-corrected chi connectivity index (χ3v) is 12.0. The summed E-state index contributed by atoms with van der Waals surface area (Å²) in [7, 11) is 0. The second kappa shape index (κ2) is 22.7. The number of carbonyl (C=O) groups excluding carboxylic acids is 4. The van der Waals surface area contributed by atoms with Gasteiger partial charge in [0.25, 0.3) is 5.91 Å². The summed E-state index contributed by atoms with van der Waals surface area (Å²) in [5.74, 6) is -0.249. The molecule has 6 aromatic rings. The van der Waals surface area contributed by atoms with Crippen molar-refractivity contribution in [3.63, 3.8) is 0 Å². The fourth-order valence-corrected chi connectivity index (χ4v) is 8.27. The van der Waals surface area contributed by atoms with Crippen LogP contribution in [0, 0.1) is 12.3 Å². The number of aliphatic hydroxyl groups excluding tert-OH is 1. The van der Waals surface area contributed by atoms with Crippen molar-refractivity contribution in [3.8, 4) is 21.6 Å². The summed E-state index contributed by atoms with van der Waals surface area (Å²) < 4.78 is 23.8. The minimum absolute atomic E-state index is 0.0267. The molecule has 1 fully saturated rings. The van der Waals surface area contributed by atoms with Gasteiger partial charge in [-0.3, -0.25) is 23.6 Å². The molecule has 1 aliphatic heterocycles. The number of hydrogen-bond donors (Lipinski definition) is 5. The minimum atomic E-state index is -0.980. The molecule has 1 aliphatic rings. The van der Waals surface area contributed by atoms with Crippen LogP contribution in [0.25, 0.3) is 27.2 Å². The van der Waals surface area contributed by atoms with Gasteiger partial charge in [0.15, 0.2) is 5.65 Å². The summed E-state index contributed by atoms with van der Waals surface area (Å²) in [4.78, 5) is 64.4. The van der Waals surface area contributed by atoms with Crippen LogP contribution in [0.2, 0.25) is 0 Å². The highest BCUT2D eigenvalue weighted by molar-refractivity contribution is 7.13. The summed E-state index contributed by atoms with van der Waals surface area (Å²) in [6.45, 7) is 9.24. The molecule has 354 valence electrons. The maximum absolute atomic E-state index is 13.9. The first-order chi connectivity index (χ1) is 32.4. The number of likely N-dealkylation sites (tertiary alicyclic amines) is 1. The van der Waals surface area contributed by atoms with Gasteiger partial charge in [0.05, 0.1) is 68.0 Å². The highest BCUT2D eigenvalue weighted by Crippen LogP contribution is 2.29. The summed E-state index contributed by atoms with van der Waals surface area (Å²) in [6.07, 6.45) is 4.11. The van der Waals surface area contributed by atoms with E-state index in [-0.39, 0.29) is 71.0 Å². The van der Waals surface area contributed by atoms with Crippen molar-refractivity contribution in [1.82, 2.24) is 45.4 Å². The smallest absolute Gasteiger partial charge is 0.251 e. The Kier molecular flexibility index (Phi) is 16.4. The Hall–Kier alpha value is -6.58. The van der Waals surface area contributed by atoms with Gasteiger partial charge in [0.1, 0.15) is 30.8 Å². The maximum Gasteiger partial charge on any atom is 0.251 e. The van der Waals surface area contributed by atoms with Crippen molar-refractivity contribution in [2.24, 2.45) is 5.41 Å². The largest absolute Gasteiger partial charge is 0.467 e. The fourth-order valence-electron chi connectivity index (χ4n) is 7.46. The lowest BCUT2D eigenvalue weighted by Gasteiger charge is -2.35. The van der Waals surface area contributed by atoms with Gasteiger partial charge in [-0.1, -0.05) is 57.2 Å². The number of benzene rings is 2. The summed E-state index contributed by atoms with van der Waals surface area (Å²) in [5, 5.41) is 30.6. The van der Waals surface area contributed by atoms with Gasteiger partial charge in [0.2, 0.25) is 23.7 Å². The van der Waals surface area contributed by atoms with Crippen LogP contribution in [-0.4, -0.2) is 129 Å². The van der Waals surface area contributed by atoms with Crippen molar-refractivity contribution in [3.05, 3.63) is 108 Å². The minimum Gasteiger partial charge on any atom is -0.467 e. The quantitative estimate of drug-likeness (QED) is 0.0605. The number of fused-ring (bicyclic) bond motifs is 1. The lowest BCUT2D eigenvalue weighted by Crippen LogP contribution is -2.58. The molecule has 1 saturated heterocycles. The molecule has 0 saturated carbocycles. The Morgan fingerprint density at radius 1 is 0.910 bits per heavy atom. The van der Waals surface area contributed by atoms with E-state index in [0.29, 0.717) is 30.2 Å². The molecule has 4 aromatic heterocycles. The van der Waals surface area contributed by atoms with Crippen molar-refractivity contribution in [2.75, 3.05) is 58.0 Å². The second-order valence-corrected chi connectivity index (χ2v) is 17.9. The van der Waals surface area contributed by atoms with Crippen LogP contribution in [0.1, 0.15) is 54.6 Å². The Labute approximate surface area is 391 Å². The number of rotatable bonds is 22. The van der Waals surface area contributed by atoms with Crippen molar-refractivity contribution in [1.29, 1.82) is 0 Å². The number of nitrogens with one attached hydrogen (secondary N) is 4. The van der Waals surface area contributed by atoms with Crippen LogP contribution in [0.5, 0.6) is 0 Å². The van der Waals surface area contributed by atoms with Crippen LogP contribution >= 0.6 is 11.3 Å². The predicted octanol–water partition coefficient (Wildman–Crippen LogP) is 4.02. The SMILES string of the molecule is Cc1ncsc1-c1ccc(CNC(=O)[C@@H]2C[C@@H](O)CN2C(=O)[C@@H](NC(=O)COCCOCCOCCNC(=O)c2ccc(-c3cnc(NCc4ccco4)n4cnnc34)cc2)C(C)(C)C)cc1. The number of amides is 4. The third kappa shape index (κ3) is 12.9. The molecular weight excluding hydrogens is 881 g/mol. The van der Waals surface area contributed by atoms with E-state index in [0.717, 1.165) is 38.6 Å². The van der Waals surface area contributed by atoms with E-state index in [1.165, 1.54) is 4.90 Å². The maximum atomic E-state index is 13.9. The lowest BCUT2D eigenvalue weighted by molar-refractivity contribution is -0.144. The number of aliphatic hydroxyl groups is 1. The number of β-amino-alcohol motifs (C(OH)–C–C–N with tert-alkyl or cyclic N) is 1. The van der Waals surface area contributed by atoms with E-state index in [2.05, 4.69) is 41.4 Å². The standard InChI is InChI=1S/C47H56N10O9S/c1-30-40(67-29-52-30)33-9-7-31(8-10-33)23-49-44(61)38-22-35(58)26-56(38)45(62)41(47(2,3)4)54-39(59)27-65-21-20-64-19-18-63-17-15-48-43(60)34-13-11-32(12-14-34)37-25-51-46(57-28-53-55-42(37)57)50-24-36-6-5-16-66-36/h5-14,16,25,28-29,35,38,41,58H,15,17-24,26-27H2,1-4H3,(H,48,60)(H,49,61)(H,50,51)(H,54,59)/t35-,38+,41-/m1/s1. The van der Waals surface area contributed by atoms with E-state index < -0.39 is 35.4 Å². The Morgan fingerprint density at radius 3 is 2.34 bits per heavy atom. The first-order valence-electron chi connectivity index (χ1n) is 22.0. The number of anilines is 1. The zero-order valence-corrected chi connectivity index (χ0v) is 38.7. The predicted molar refractivity (Wildman–Crippen MR) is 249 cm³/mol. The monoisotopic (exact) mass is 936 g/mol. The normalized spacial score (nSPS) is 15.4. The fraction of sp³-hybridized carbons (Fsp3) is 0.404. The molecule has 0 unspecified atom stereocenters. The van der Waals surface area contributed by atoms with Crippen molar-refractivity contribution >= 4 is 46.6 Å². The first kappa shape index (κ1) is 48.4. The number of ether oxygens (including phenoxy) is 3. The molecule has 2 aromatic carbocycles. The van der Waals surface area contributed by atoms with Gasteiger partial charge in [-0.25, -0.2) is 9.97 Å². The van der Waals surface area contributed by atoms with E-state index in [4.69, 9.17) is 18.6 Å². The average molecular weight is 937 g/mol. The van der Waals surface area contributed by atoms with Gasteiger partial charge in [-0.05, 0) is 53.3 Å². The molecule has 5 heterocycles. The summed E-state index contributed by atoms with van der Waals surface area (Å²) in [5.41, 5.74) is 6.67. The summed E-state index contributed by atoms with van der Waals surface area (Å²) in [6, 6.07) is 16.8. The number of aryl methyl sites for hydroxylation is 1. The molecular formula is C47H56N10O9S. The molecule has 19 nitrogen and oxygen atoms in total. The lowest BCUT2D eigenvalue weighted by atomic mass is 9.85. The molecule has 67 heavy (non-hydrogen) atoms. The van der Waals surface area contributed by atoms with Crippen molar-refractivity contribution in [2.45, 2.75) is 65.4 Å². The van der Waals surface area contributed by atoms with E-state index in [9.17, 15) is 24.3 Å². The second-order valence-electron chi connectivity index (χ2n) is 17.0.